The van der Waals surface area contributed by atoms with Gasteiger partial charge in [-0.05, 0) is 18.4 Å². The minimum absolute atomic E-state index is 0.126. The van der Waals surface area contributed by atoms with Gasteiger partial charge in [0.1, 0.15) is 0 Å². The first-order valence-corrected chi connectivity index (χ1v) is 9.48. The molecule has 3 aromatic rings. The number of hydrogen-bond acceptors (Lipinski definition) is 5. The maximum absolute atomic E-state index is 12.0. The fourth-order valence-corrected chi connectivity index (χ4v) is 4.17. The molecular formula is C19H20N4OS. The monoisotopic (exact) mass is 352 g/mol. The van der Waals surface area contributed by atoms with Crippen LogP contribution in [0.25, 0.3) is 11.0 Å². The Bertz CT molecular complexity index is 931. The van der Waals surface area contributed by atoms with Crippen LogP contribution in [0.1, 0.15) is 31.2 Å². The van der Waals surface area contributed by atoms with Gasteiger partial charge >= 0.3 is 0 Å². The van der Waals surface area contributed by atoms with E-state index >= 15 is 0 Å². The third-order valence-electron chi connectivity index (χ3n) is 4.52. The van der Waals surface area contributed by atoms with Gasteiger partial charge in [0.15, 0.2) is 0 Å². The van der Waals surface area contributed by atoms with E-state index in [1.54, 1.807) is 6.20 Å². The van der Waals surface area contributed by atoms with Gasteiger partial charge in [0.25, 0.3) is 5.56 Å². The molecule has 0 spiro atoms. The summed E-state index contributed by atoms with van der Waals surface area (Å²) in [5.41, 5.74) is 1.08. The fraction of sp³-hybridized carbons (Fsp3) is 0.316. The summed E-state index contributed by atoms with van der Waals surface area (Å²) in [5, 5.41) is 5.41. The van der Waals surface area contributed by atoms with Crippen LogP contribution in [0.3, 0.4) is 0 Å². The van der Waals surface area contributed by atoms with E-state index in [1.807, 2.05) is 6.07 Å². The zero-order valence-corrected chi connectivity index (χ0v) is 14.7. The smallest absolute Gasteiger partial charge is 0.275 e. The number of benzene rings is 1. The van der Waals surface area contributed by atoms with Gasteiger partial charge in [-0.25, -0.2) is 4.98 Å². The first kappa shape index (κ1) is 16.0. The average molecular weight is 352 g/mol. The van der Waals surface area contributed by atoms with Crippen molar-refractivity contribution in [1.29, 1.82) is 0 Å². The molecule has 0 N–H and O–H groups in total. The molecule has 1 saturated heterocycles. The minimum Gasteiger partial charge on any atom is -0.340 e. The van der Waals surface area contributed by atoms with E-state index < -0.39 is 0 Å². The van der Waals surface area contributed by atoms with Gasteiger partial charge in [0.05, 0.1) is 0 Å². The van der Waals surface area contributed by atoms with E-state index in [0.717, 1.165) is 24.5 Å². The molecule has 0 saturated carbocycles. The molecule has 2 aromatic heterocycles. The Hall–Kier alpha value is -2.47. The van der Waals surface area contributed by atoms with E-state index in [9.17, 15) is 4.79 Å². The highest BCUT2D eigenvalue weighted by Gasteiger charge is 2.22. The summed E-state index contributed by atoms with van der Waals surface area (Å²) in [6.07, 6.45) is 10.7. The van der Waals surface area contributed by atoms with Crippen LogP contribution in [-0.4, -0.2) is 27.2 Å². The second-order valence-electron chi connectivity index (χ2n) is 6.24. The number of anilines is 1. The molecule has 5 nitrogen and oxygen atoms in total. The Balaban J connectivity index is 1.67. The largest absolute Gasteiger partial charge is 0.340 e. The van der Waals surface area contributed by atoms with Gasteiger partial charge in [0.2, 0.25) is 10.1 Å². The Kier molecular flexibility index (Phi) is 4.61. The molecule has 6 heteroatoms. The summed E-state index contributed by atoms with van der Waals surface area (Å²) in [6.45, 7) is 0.957. The molecule has 1 unspecified atom stereocenters. The van der Waals surface area contributed by atoms with Crippen molar-refractivity contribution in [2.24, 2.45) is 0 Å². The van der Waals surface area contributed by atoms with Crippen molar-refractivity contribution >= 4 is 27.5 Å². The first-order valence-electron chi connectivity index (χ1n) is 8.66. The zero-order chi connectivity index (χ0) is 17.1. The number of hydrogen-bond donors (Lipinski definition) is 0. The lowest BCUT2D eigenvalue weighted by Gasteiger charge is -2.26. The molecule has 1 fully saturated rings. The molecule has 0 amide bonds. The summed E-state index contributed by atoms with van der Waals surface area (Å²) in [6, 6.07) is 12.1. The summed E-state index contributed by atoms with van der Waals surface area (Å²) >= 11 is 1.49. The molecule has 0 radical (unpaired) electrons. The molecule has 1 aliphatic heterocycles. The van der Waals surface area contributed by atoms with Gasteiger partial charge in [-0.2, -0.15) is 4.52 Å². The van der Waals surface area contributed by atoms with Crippen LogP contribution in [0.2, 0.25) is 0 Å². The van der Waals surface area contributed by atoms with E-state index in [1.165, 1.54) is 40.3 Å². The van der Waals surface area contributed by atoms with E-state index in [0.29, 0.717) is 11.0 Å². The lowest BCUT2D eigenvalue weighted by Crippen LogP contribution is -2.33. The molecule has 1 atom stereocenters. The third-order valence-corrected chi connectivity index (χ3v) is 5.48. The molecule has 1 aromatic carbocycles. The molecule has 3 heterocycles. The predicted molar refractivity (Wildman–Crippen MR) is 102 cm³/mol. The highest BCUT2D eigenvalue weighted by atomic mass is 32.1. The normalized spacial score (nSPS) is 18.7. The summed E-state index contributed by atoms with van der Waals surface area (Å²) in [5.74, 6) is 0. The van der Waals surface area contributed by atoms with Gasteiger partial charge < -0.3 is 4.90 Å². The standard InChI is InChI=1S/C19H20N4OS/c24-17-12-13-20-18-23(17)21-19(25-18)22-14-6-2-5-9-16(22)11-10-15-7-3-1-4-8-15/h1,3-4,7-8,10-13,16H,2,5-6,9,14H2/b11-10+. The van der Waals surface area contributed by atoms with Crippen LogP contribution in [0.4, 0.5) is 5.13 Å². The van der Waals surface area contributed by atoms with Crippen LogP contribution < -0.4 is 10.5 Å². The summed E-state index contributed by atoms with van der Waals surface area (Å²) in [4.78, 5) is 19.2. The van der Waals surface area contributed by atoms with Crippen molar-refractivity contribution in [2.45, 2.75) is 31.7 Å². The maximum Gasteiger partial charge on any atom is 0.275 e. The zero-order valence-electron chi connectivity index (χ0n) is 13.9. The van der Waals surface area contributed by atoms with Crippen molar-refractivity contribution in [3.8, 4) is 0 Å². The van der Waals surface area contributed by atoms with Gasteiger partial charge in [-0.1, -0.05) is 66.7 Å². The fourth-order valence-electron chi connectivity index (χ4n) is 3.21. The second kappa shape index (κ2) is 7.19. The molecule has 25 heavy (non-hydrogen) atoms. The Morgan fingerprint density at radius 3 is 2.84 bits per heavy atom. The molecule has 4 rings (SSSR count). The van der Waals surface area contributed by atoms with E-state index in [4.69, 9.17) is 0 Å². The van der Waals surface area contributed by atoms with Crippen molar-refractivity contribution < 1.29 is 0 Å². The third kappa shape index (κ3) is 3.49. The van der Waals surface area contributed by atoms with Crippen molar-refractivity contribution in [3.05, 3.63) is 64.6 Å². The Morgan fingerprint density at radius 2 is 2.00 bits per heavy atom. The maximum atomic E-state index is 12.0. The highest BCUT2D eigenvalue weighted by molar-refractivity contribution is 7.20. The molecule has 0 aliphatic carbocycles. The van der Waals surface area contributed by atoms with Crippen LogP contribution in [0.15, 0.2) is 53.5 Å². The molecule has 128 valence electrons. The number of aromatic nitrogens is 3. The van der Waals surface area contributed by atoms with E-state index in [-0.39, 0.29) is 5.56 Å². The quantitative estimate of drug-likeness (QED) is 0.722. The van der Waals surface area contributed by atoms with Crippen molar-refractivity contribution in [3.63, 3.8) is 0 Å². The van der Waals surface area contributed by atoms with Crippen molar-refractivity contribution in [1.82, 2.24) is 14.6 Å². The number of nitrogens with zero attached hydrogens (tertiary/aromatic N) is 4. The second-order valence-corrected chi connectivity index (χ2v) is 7.18. The first-order chi connectivity index (χ1) is 12.3. The van der Waals surface area contributed by atoms with Crippen molar-refractivity contribution in [2.75, 3.05) is 11.4 Å². The van der Waals surface area contributed by atoms with Crippen LogP contribution in [0, 0.1) is 0 Å². The number of fused-ring (bicyclic) bond motifs is 1. The highest BCUT2D eigenvalue weighted by Crippen LogP contribution is 2.28. The summed E-state index contributed by atoms with van der Waals surface area (Å²) in [7, 11) is 0. The Labute approximate surface area is 150 Å². The summed E-state index contributed by atoms with van der Waals surface area (Å²) < 4.78 is 1.41. The van der Waals surface area contributed by atoms with E-state index in [2.05, 4.69) is 51.4 Å². The Morgan fingerprint density at radius 1 is 1.12 bits per heavy atom. The molecular weight excluding hydrogens is 332 g/mol. The van der Waals surface area contributed by atoms with Crippen LogP contribution in [-0.2, 0) is 0 Å². The molecule has 1 aliphatic rings. The lowest BCUT2D eigenvalue weighted by molar-refractivity contribution is 0.659. The molecule has 0 bridgehead atoms. The van der Waals surface area contributed by atoms with Crippen LogP contribution >= 0.6 is 11.3 Å². The van der Waals surface area contributed by atoms with Gasteiger partial charge in [0, 0.05) is 24.8 Å². The average Bonchev–Trinajstić information content (AvgIpc) is 2.94. The van der Waals surface area contributed by atoms with Gasteiger partial charge in [-0.3, -0.25) is 4.79 Å². The lowest BCUT2D eigenvalue weighted by atomic mass is 10.1. The minimum atomic E-state index is -0.126. The number of rotatable bonds is 3. The predicted octanol–water partition coefficient (Wildman–Crippen LogP) is 3.61. The topological polar surface area (TPSA) is 50.5 Å². The van der Waals surface area contributed by atoms with Crippen LogP contribution in [0.5, 0.6) is 0 Å². The SMILES string of the molecule is O=c1ccnc2sc(N3CCCCCC3/C=C/c3ccccc3)nn12. The van der Waals surface area contributed by atoms with Gasteiger partial charge in [-0.15, -0.1) is 5.10 Å².